The van der Waals surface area contributed by atoms with Crippen LogP contribution in [0.2, 0.25) is 0 Å². The monoisotopic (exact) mass is 460 g/mol. The summed E-state index contributed by atoms with van der Waals surface area (Å²) in [6.45, 7) is 6.11. The summed E-state index contributed by atoms with van der Waals surface area (Å²) in [6.07, 6.45) is 2.91. The Morgan fingerprint density at radius 2 is 1.76 bits per heavy atom. The van der Waals surface area contributed by atoms with Crippen molar-refractivity contribution in [1.29, 1.82) is 0 Å². The lowest BCUT2D eigenvalue weighted by Crippen LogP contribution is -2.49. The molecule has 2 saturated heterocycles. The van der Waals surface area contributed by atoms with E-state index < -0.39 is 0 Å². The number of hydrogen-bond acceptors (Lipinski definition) is 6. The van der Waals surface area contributed by atoms with E-state index in [1.54, 1.807) is 12.1 Å². The molecular formula is C27H32N4O3. The van der Waals surface area contributed by atoms with Crippen molar-refractivity contribution in [1.82, 2.24) is 15.2 Å². The number of morpholine rings is 1. The molecule has 0 atom stereocenters. The fourth-order valence-corrected chi connectivity index (χ4v) is 4.99. The fourth-order valence-electron chi connectivity index (χ4n) is 4.99. The van der Waals surface area contributed by atoms with Crippen LogP contribution in [0, 0.1) is 0 Å². The average Bonchev–Trinajstić information content (AvgIpc) is 2.90. The van der Waals surface area contributed by atoms with Crippen LogP contribution in [-0.4, -0.2) is 72.9 Å². The topological polar surface area (TPSA) is 77.9 Å². The molecule has 0 unspecified atom stereocenters. The molecule has 0 bridgehead atoms. The van der Waals surface area contributed by atoms with Crippen molar-refractivity contribution in [2.75, 3.05) is 50.8 Å². The number of phenols is 1. The Morgan fingerprint density at radius 3 is 2.53 bits per heavy atom. The van der Waals surface area contributed by atoms with Gasteiger partial charge in [-0.1, -0.05) is 30.3 Å². The molecule has 2 fully saturated rings. The third kappa shape index (κ3) is 5.16. The minimum atomic E-state index is -0.0816. The number of pyridine rings is 1. The van der Waals surface area contributed by atoms with Crippen LogP contribution < -0.4 is 10.2 Å². The van der Waals surface area contributed by atoms with E-state index in [9.17, 15) is 9.90 Å². The number of aromatic hydroxyl groups is 1. The molecule has 0 radical (unpaired) electrons. The Balaban J connectivity index is 1.28. The molecule has 0 aliphatic carbocycles. The second kappa shape index (κ2) is 10.4. The van der Waals surface area contributed by atoms with Gasteiger partial charge in [0, 0.05) is 44.2 Å². The number of carbonyl (C=O) groups excluding carboxylic acids is 1. The van der Waals surface area contributed by atoms with Crippen molar-refractivity contribution in [3.63, 3.8) is 0 Å². The van der Waals surface area contributed by atoms with Crippen molar-refractivity contribution >= 4 is 22.6 Å². The highest BCUT2D eigenvalue weighted by atomic mass is 16.5. The quantitative estimate of drug-likeness (QED) is 0.588. The van der Waals surface area contributed by atoms with Gasteiger partial charge in [-0.25, -0.2) is 4.98 Å². The first-order valence-electron chi connectivity index (χ1n) is 12.2. The lowest BCUT2D eigenvalue weighted by molar-refractivity contribution is 0.0115. The minimum Gasteiger partial charge on any atom is -0.508 e. The summed E-state index contributed by atoms with van der Waals surface area (Å²) in [7, 11) is 0. The van der Waals surface area contributed by atoms with Gasteiger partial charge in [0.25, 0.3) is 5.91 Å². The molecule has 0 saturated carbocycles. The van der Waals surface area contributed by atoms with Crippen LogP contribution in [0.3, 0.4) is 0 Å². The number of carbonyl (C=O) groups is 1. The summed E-state index contributed by atoms with van der Waals surface area (Å²) < 4.78 is 5.51. The Hall–Kier alpha value is -3.16. The zero-order valence-electron chi connectivity index (χ0n) is 19.4. The van der Waals surface area contributed by atoms with Crippen LogP contribution in [0.4, 0.5) is 5.82 Å². The van der Waals surface area contributed by atoms with E-state index in [-0.39, 0.29) is 11.7 Å². The lowest BCUT2D eigenvalue weighted by Gasteiger charge is -2.40. The van der Waals surface area contributed by atoms with Gasteiger partial charge in [-0.2, -0.15) is 0 Å². The maximum absolute atomic E-state index is 13.2. The zero-order chi connectivity index (χ0) is 23.3. The number of para-hydroxylation sites is 1. The Bertz CT molecular complexity index is 1120. The summed E-state index contributed by atoms with van der Waals surface area (Å²) in [5.74, 6) is 1.04. The van der Waals surface area contributed by atoms with Crippen molar-refractivity contribution < 1.29 is 14.6 Å². The molecule has 7 nitrogen and oxygen atoms in total. The van der Waals surface area contributed by atoms with E-state index in [2.05, 4.69) is 15.1 Å². The number of nitrogens with one attached hydrogen (secondary N) is 1. The summed E-state index contributed by atoms with van der Waals surface area (Å²) in [6, 6.07) is 17.5. The first-order valence-corrected chi connectivity index (χ1v) is 12.2. The van der Waals surface area contributed by atoms with Crippen LogP contribution >= 0.6 is 0 Å². The standard InChI is InChI=1S/C27H32N4O3/c32-22-7-5-20(6-8-22)9-12-28-27(33)24-19-26(29-25-4-2-1-3-23(24)25)31-13-10-21(11-14-31)30-15-17-34-18-16-30/h1-8,19,21,32H,9-18H2,(H,28,33). The number of fused-ring (bicyclic) bond motifs is 1. The van der Waals surface area contributed by atoms with Crippen molar-refractivity contribution in [2.24, 2.45) is 0 Å². The molecule has 178 valence electrons. The lowest BCUT2D eigenvalue weighted by atomic mass is 10.0. The fraction of sp³-hybridized carbons (Fsp3) is 0.407. The number of aromatic nitrogens is 1. The molecule has 2 aliphatic rings. The molecule has 0 spiro atoms. The van der Waals surface area contributed by atoms with E-state index in [1.807, 2.05) is 42.5 Å². The summed E-state index contributed by atoms with van der Waals surface area (Å²) in [5, 5.41) is 13.4. The van der Waals surface area contributed by atoms with Gasteiger partial charge in [0.2, 0.25) is 0 Å². The first kappa shape index (κ1) is 22.6. The molecule has 1 amide bonds. The van der Waals surface area contributed by atoms with Crippen LogP contribution in [0.5, 0.6) is 5.75 Å². The van der Waals surface area contributed by atoms with E-state index in [0.29, 0.717) is 24.6 Å². The number of benzene rings is 2. The van der Waals surface area contributed by atoms with Gasteiger partial charge in [-0.3, -0.25) is 9.69 Å². The Labute approximate surface area is 200 Å². The van der Waals surface area contributed by atoms with E-state index in [0.717, 1.165) is 74.5 Å². The molecular weight excluding hydrogens is 428 g/mol. The third-order valence-corrected chi connectivity index (χ3v) is 6.93. The predicted octanol–water partition coefficient (Wildman–Crippen LogP) is 3.21. The number of hydrogen-bond donors (Lipinski definition) is 2. The van der Waals surface area contributed by atoms with E-state index >= 15 is 0 Å². The first-order chi connectivity index (χ1) is 16.7. The van der Waals surface area contributed by atoms with Crippen molar-refractivity contribution in [3.8, 4) is 5.75 Å². The van der Waals surface area contributed by atoms with Gasteiger partial charge in [-0.15, -0.1) is 0 Å². The molecule has 7 heteroatoms. The van der Waals surface area contributed by atoms with Gasteiger partial charge in [0.1, 0.15) is 11.6 Å². The number of ether oxygens (including phenoxy) is 1. The van der Waals surface area contributed by atoms with Crippen LogP contribution in [0.15, 0.2) is 54.6 Å². The molecule has 34 heavy (non-hydrogen) atoms. The Kier molecular flexibility index (Phi) is 6.92. The number of piperidine rings is 1. The summed E-state index contributed by atoms with van der Waals surface area (Å²) in [4.78, 5) is 23.0. The van der Waals surface area contributed by atoms with Gasteiger partial charge in [0.15, 0.2) is 0 Å². The second-order valence-electron chi connectivity index (χ2n) is 9.08. The van der Waals surface area contributed by atoms with Gasteiger partial charge < -0.3 is 20.1 Å². The van der Waals surface area contributed by atoms with Crippen molar-refractivity contribution in [3.05, 3.63) is 65.7 Å². The number of phenolic OH excluding ortho intramolecular Hbond substituents is 1. The maximum atomic E-state index is 13.2. The van der Waals surface area contributed by atoms with Crippen LogP contribution in [0.25, 0.3) is 10.9 Å². The normalized spacial score (nSPS) is 17.7. The maximum Gasteiger partial charge on any atom is 0.252 e. The van der Waals surface area contributed by atoms with E-state index in [1.165, 1.54) is 0 Å². The highest BCUT2D eigenvalue weighted by Gasteiger charge is 2.27. The number of anilines is 1. The third-order valence-electron chi connectivity index (χ3n) is 6.93. The highest BCUT2D eigenvalue weighted by molar-refractivity contribution is 6.07. The molecule has 2 N–H and O–H groups in total. The number of nitrogens with zero attached hydrogens (tertiary/aromatic N) is 3. The van der Waals surface area contributed by atoms with Crippen LogP contribution in [0.1, 0.15) is 28.8 Å². The zero-order valence-corrected chi connectivity index (χ0v) is 19.4. The van der Waals surface area contributed by atoms with Crippen molar-refractivity contribution in [2.45, 2.75) is 25.3 Å². The molecule has 1 aromatic heterocycles. The van der Waals surface area contributed by atoms with Gasteiger partial charge in [0.05, 0.1) is 24.3 Å². The molecule has 3 aromatic rings. The van der Waals surface area contributed by atoms with Gasteiger partial charge in [-0.05, 0) is 49.1 Å². The molecule has 2 aromatic carbocycles. The molecule has 5 rings (SSSR count). The molecule has 2 aliphatic heterocycles. The van der Waals surface area contributed by atoms with Gasteiger partial charge >= 0.3 is 0 Å². The predicted molar refractivity (Wildman–Crippen MR) is 134 cm³/mol. The second-order valence-corrected chi connectivity index (χ2v) is 9.08. The minimum absolute atomic E-state index is 0.0816. The Morgan fingerprint density at radius 1 is 1.03 bits per heavy atom. The highest BCUT2D eigenvalue weighted by Crippen LogP contribution is 2.27. The smallest absolute Gasteiger partial charge is 0.252 e. The summed E-state index contributed by atoms with van der Waals surface area (Å²) in [5.41, 5.74) is 2.59. The average molecular weight is 461 g/mol. The van der Waals surface area contributed by atoms with Crippen LogP contribution in [-0.2, 0) is 11.2 Å². The number of amides is 1. The number of rotatable bonds is 6. The SMILES string of the molecule is O=C(NCCc1ccc(O)cc1)c1cc(N2CCC(N3CCOCC3)CC2)nc2ccccc12. The summed E-state index contributed by atoms with van der Waals surface area (Å²) >= 11 is 0. The van der Waals surface area contributed by atoms with E-state index in [4.69, 9.17) is 9.72 Å². The largest absolute Gasteiger partial charge is 0.508 e. The molecule has 3 heterocycles.